The molecule has 1 saturated carbocycles. The van der Waals surface area contributed by atoms with E-state index in [1.165, 1.54) is 23.9 Å². The Morgan fingerprint density at radius 1 is 1.27 bits per heavy atom. The number of hydrogen-bond acceptors (Lipinski definition) is 5. The van der Waals surface area contributed by atoms with Gasteiger partial charge in [-0.2, -0.15) is 4.68 Å². The number of benzene rings is 1. The molecule has 22 heavy (non-hydrogen) atoms. The standard InChI is InChI=1S/C14H18N6OS/c21-13(15-10-5-2-1-3-6-10)16-11-7-4-8-12(9-11)20-14(22)17-18-19-20/h4,7-10H,1-3,5-6H2,(H2,15,16,21)(H,17,19,22). The van der Waals surface area contributed by atoms with Crippen LogP contribution in [0.1, 0.15) is 32.1 Å². The number of thiol groups is 1. The number of nitrogens with one attached hydrogen (secondary N) is 2. The van der Waals surface area contributed by atoms with E-state index in [-0.39, 0.29) is 12.1 Å². The summed E-state index contributed by atoms with van der Waals surface area (Å²) in [7, 11) is 0. The van der Waals surface area contributed by atoms with Crippen molar-refractivity contribution in [2.24, 2.45) is 0 Å². The molecule has 2 amide bonds. The van der Waals surface area contributed by atoms with E-state index in [4.69, 9.17) is 0 Å². The van der Waals surface area contributed by atoms with Gasteiger partial charge in [-0.25, -0.2) is 4.79 Å². The molecule has 116 valence electrons. The number of tetrazole rings is 1. The molecular formula is C14H18N6OS. The number of anilines is 1. The van der Waals surface area contributed by atoms with Crippen LogP contribution in [0.4, 0.5) is 10.5 Å². The minimum absolute atomic E-state index is 0.174. The van der Waals surface area contributed by atoms with E-state index >= 15 is 0 Å². The number of amides is 2. The summed E-state index contributed by atoms with van der Waals surface area (Å²) in [6.07, 6.45) is 5.75. The van der Waals surface area contributed by atoms with Gasteiger partial charge < -0.3 is 10.6 Å². The van der Waals surface area contributed by atoms with Gasteiger partial charge in [-0.3, -0.25) is 0 Å². The molecule has 2 aromatic rings. The van der Waals surface area contributed by atoms with Gasteiger partial charge in [0.15, 0.2) is 0 Å². The van der Waals surface area contributed by atoms with Crippen LogP contribution in [-0.4, -0.2) is 32.3 Å². The SMILES string of the molecule is O=C(Nc1cccc(-n2nnnc2S)c1)NC1CCCCC1. The molecule has 7 nitrogen and oxygen atoms in total. The van der Waals surface area contributed by atoms with E-state index in [1.54, 1.807) is 6.07 Å². The van der Waals surface area contributed by atoms with Crippen molar-refractivity contribution in [3.05, 3.63) is 24.3 Å². The highest BCUT2D eigenvalue weighted by Gasteiger charge is 2.15. The Labute approximate surface area is 133 Å². The maximum Gasteiger partial charge on any atom is 0.319 e. The lowest BCUT2D eigenvalue weighted by Crippen LogP contribution is -2.39. The van der Waals surface area contributed by atoms with E-state index in [0.29, 0.717) is 10.8 Å². The van der Waals surface area contributed by atoms with Gasteiger partial charge >= 0.3 is 6.03 Å². The fourth-order valence-corrected chi connectivity index (χ4v) is 2.86. The van der Waals surface area contributed by atoms with Crippen molar-refractivity contribution in [1.82, 2.24) is 25.5 Å². The summed E-state index contributed by atoms with van der Waals surface area (Å²) in [4.78, 5) is 12.1. The number of aromatic nitrogens is 4. The third-order valence-electron chi connectivity index (χ3n) is 3.74. The van der Waals surface area contributed by atoms with Crippen LogP contribution in [0.5, 0.6) is 0 Å². The van der Waals surface area contributed by atoms with E-state index < -0.39 is 0 Å². The molecule has 0 spiro atoms. The highest BCUT2D eigenvalue weighted by atomic mass is 32.1. The maximum atomic E-state index is 12.1. The van der Waals surface area contributed by atoms with Crippen LogP contribution in [0.25, 0.3) is 5.69 Å². The third kappa shape index (κ3) is 3.56. The number of nitrogens with zero attached hydrogens (tertiary/aromatic N) is 4. The van der Waals surface area contributed by atoms with Crippen LogP contribution < -0.4 is 10.6 Å². The molecule has 0 bridgehead atoms. The number of carbonyl (C=O) groups is 1. The molecule has 0 aliphatic heterocycles. The minimum Gasteiger partial charge on any atom is -0.335 e. The second-order valence-corrected chi connectivity index (χ2v) is 5.77. The average molecular weight is 318 g/mol. The van der Waals surface area contributed by atoms with Crippen molar-refractivity contribution in [3.8, 4) is 5.69 Å². The summed E-state index contributed by atoms with van der Waals surface area (Å²) in [5.41, 5.74) is 1.43. The molecule has 3 rings (SSSR count). The van der Waals surface area contributed by atoms with E-state index in [1.807, 2.05) is 18.2 Å². The van der Waals surface area contributed by atoms with Crippen LogP contribution in [0.2, 0.25) is 0 Å². The molecule has 1 aliphatic carbocycles. The molecule has 2 N–H and O–H groups in total. The van der Waals surface area contributed by atoms with Crippen molar-refractivity contribution < 1.29 is 4.79 Å². The molecule has 0 radical (unpaired) electrons. The number of urea groups is 1. The van der Waals surface area contributed by atoms with Crippen LogP contribution >= 0.6 is 12.6 Å². The number of hydrogen-bond donors (Lipinski definition) is 3. The molecule has 0 atom stereocenters. The summed E-state index contributed by atoms with van der Waals surface area (Å²) in [6, 6.07) is 7.41. The molecule has 1 aromatic heterocycles. The fourth-order valence-electron chi connectivity index (χ4n) is 2.66. The van der Waals surface area contributed by atoms with Gasteiger partial charge in [-0.1, -0.05) is 25.3 Å². The Morgan fingerprint density at radius 3 is 2.82 bits per heavy atom. The average Bonchev–Trinajstić information content (AvgIpc) is 2.94. The van der Waals surface area contributed by atoms with Crippen LogP contribution in [0.3, 0.4) is 0 Å². The maximum absolute atomic E-state index is 12.1. The first-order valence-corrected chi connectivity index (χ1v) is 7.82. The van der Waals surface area contributed by atoms with Crippen LogP contribution in [0.15, 0.2) is 29.4 Å². The zero-order chi connectivity index (χ0) is 15.4. The highest BCUT2D eigenvalue weighted by Crippen LogP contribution is 2.18. The Kier molecular flexibility index (Phi) is 4.57. The zero-order valence-electron chi connectivity index (χ0n) is 12.1. The van der Waals surface area contributed by atoms with Gasteiger partial charge in [0.2, 0.25) is 5.16 Å². The lowest BCUT2D eigenvalue weighted by Gasteiger charge is -2.22. The van der Waals surface area contributed by atoms with Crippen LogP contribution in [-0.2, 0) is 0 Å². The van der Waals surface area contributed by atoms with E-state index in [2.05, 4.69) is 38.8 Å². The largest absolute Gasteiger partial charge is 0.335 e. The van der Waals surface area contributed by atoms with E-state index in [9.17, 15) is 4.79 Å². The Hall–Kier alpha value is -2.09. The Balaban J connectivity index is 1.65. The van der Waals surface area contributed by atoms with Crippen molar-refractivity contribution in [3.63, 3.8) is 0 Å². The molecular weight excluding hydrogens is 300 g/mol. The predicted octanol–water partition coefficient (Wildman–Crippen LogP) is 2.41. The second kappa shape index (κ2) is 6.78. The molecule has 8 heteroatoms. The summed E-state index contributed by atoms with van der Waals surface area (Å²) >= 11 is 4.18. The number of carbonyl (C=O) groups excluding carboxylic acids is 1. The first-order valence-electron chi connectivity index (χ1n) is 7.38. The quantitative estimate of drug-likeness (QED) is 0.759. The van der Waals surface area contributed by atoms with Crippen molar-refractivity contribution in [1.29, 1.82) is 0 Å². The van der Waals surface area contributed by atoms with Crippen LogP contribution in [0, 0.1) is 0 Å². The monoisotopic (exact) mass is 318 g/mol. The van der Waals surface area contributed by atoms with E-state index in [0.717, 1.165) is 18.5 Å². The molecule has 1 fully saturated rings. The van der Waals surface area contributed by atoms with Gasteiger partial charge in [-0.05, 0) is 41.5 Å². The summed E-state index contributed by atoms with van der Waals surface area (Å²) in [6.45, 7) is 0. The highest BCUT2D eigenvalue weighted by molar-refractivity contribution is 7.80. The Bertz CT molecular complexity index is 652. The number of rotatable bonds is 3. The molecule has 1 aliphatic rings. The zero-order valence-corrected chi connectivity index (χ0v) is 13.0. The van der Waals surface area contributed by atoms with Gasteiger partial charge in [-0.15, -0.1) is 17.7 Å². The minimum atomic E-state index is -0.174. The van der Waals surface area contributed by atoms with Gasteiger partial charge in [0, 0.05) is 11.7 Å². The fraction of sp³-hybridized carbons (Fsp3) is 0.429. The lowest BCUT2D eigenvalue weighted by atomic mass is 9.96. The third-order valence-corrected chi connectivity index (χ3v) is 4.02. The van der Waals surface area contributed by atoms with Crippen molar-refractivity contribution in [2.45, 2.75) is 43.3 Å². The van der Waals surface area contributed by atoms with Crippen molar-refractivity contribution in [2.75, 3.05) is 5.32 Å². The predicted molar refractivity (Wildman–Crippen MR) is 85.4 cm³/mol. The Morgan fingerprint density at radius 2 is 2.09 bits per heavy atom. The first-order chi connectivity index (χ1) is 10.7. The lowest BCUT2D eigenvalue weighted by molar-refractivity contribution is 0.244. The molecule has 1 heterocycles. The summed E-state index contributed by atoms with van der Waals surface area (Å²) in [5.74, 6) is 0. The molecule has 0 saturated heterocycles. The molecule has 1 aromatic carbocycles. The normalized spacial score (nSPS) is 15.5. The van der Waals surface area contributed by atoms with Crippen molar-refractivity contribution >= 4 is 24.3 Å². The first kappa shape index (κ1) is 14.8. The van der Waals surface area contributed by atoms with Gasteiger partial charge in [0.25, 0.3) is 0 Å². The molecule has 0 unspecified atom stereocenters. The van der Waals surface area contributed by atoms with Gasteiger partial charge in [0.1, 0.15) is 0 Å². The second-order valence-electron chi connectivity index (χ2n) is 5.37. The summed E-state index contributed by atoms with van der Waals surface area (Å²) in [5, 5.41) is 17.4. The smallest absolute Gasteiger partial charge is 0.319 e. The summed E-state index contributed by atoms with van der Waals surface area (Å²) < 4.78 is 1.49. The topological polar surface area (TPSA) is 84.7 Å². The van der Waals surface area contributed by atoms with Gasteiger partial charge in [0.05, 0.1) is 5.69 Å².